The normalized spacial score (nSPS) is 20.2. The molecule has 11 heteroatoms. The van der Waals surface area contributed by atoms with E-state index in [2.05, 4.69) is 19.3 Å². The SMILES string of the molecule is NC1=NS(=O)(=O)Nc2cccc(OC[C@H]3CCCCN3C(=O)c3ccnnc3)c21. The van der Waals surface area contributed by atoms with Gasteiger partial charge in [-0.15, -0.1) is 4.40 Å². The summed E-state index contributed by atoms with van der Waals surface area (Å²) in [6.45, 7) is 0.881. The molecular formula is C18H20N6O4S. The molecule has 1 amide bonds. The summed E-state index contributed by atoms with van der Waals surface area (Å²) in [5.41, 5.74) is 7.05. The summed E-state index contributed by atoms with van der Waals surface area (Å²) in [6, 6.07) is 6.47. The maximum Gasteiger partial charge on any atom is 0.344 e. The number of amidine groups is 1. The fraction of sp³-hybridized carbons (Fsp3) is 0.333. The standard InChI is InChI=1S/C18H20N6O4S/c19-17-16-14(22-29(26,27)23-17)5-3-6-15(16)28-11-13-4-1-2-9-24(13)18(25)12-7-8-20-21-10-12/h3,5-8,10,13,22H,1-2,4,9,11H2,(H2,19,23)/t13-/m1/s1. The largest absolute Gasteiger partial charge is 0.491 e. The number of carbonyl (C=O) groups is 1. The molecule has 1 saturated heterocycles. The third-order valence-electron chi connectivity index (χ3n) is 4.89. The van der Waals surface area contributed by atoms with E-state index >= 15 is 0 Å². The van der Waals surface area contributed by atoms with Gasteiger partial charge in [-0.2, -0.15) is 18.6 Å². The van der Waals surface area contributed by atoms with Crippen LogP contribution in [0.4, 0.5) is 5.69 Å². The highest BCUT2D eigenvalue weighted by Gasteiger charge is 2.29. The molecule has 2 aliphatic heterocycles. The average molecular weight is 416 g/mol. The number of aromatic nitrogens is 2. The summed E-state index contributed by atoms with van der Waals surface area (Å²) in [4.78, 5) is 14.7. The molecule has 3 N–H and O–H groups in total. The van der Waals surface area contributed by atoms with Crippen molar-refractivity contribution in [2.45, 2.75) is 25.3 Å². The molecular weight excluding hydrogens is 396 g/mol. The van der Waals surface area contributed by atoms with Gasteiger partial charge in [-0.25, -0.2) is 0 Å². The van der Waals surface area contributed by atoms with Crippen molar-refractivity contribution < 1.29 is 17.9 Å². The number of ether oxygens (including phenoxy) is 1. The fourth-order valence-corrected chi connectivity index (χ4v) is 4.39. The second kappa shape index (κ2) is 7.66. The lowest BCUT2D eigenvalue weighted by molar-refractivity contribution is 0.0527. The van der Waals surface area contributed by atoms with Gasteiger partial charge in [0, 0.05) is 6.54 Å². The van der Waals surface area contributed by atoms with Gasteiger partial charge in [-0.1, -0.05) is 6.07 Å². The summed E-state index contributed by atoms with van der Waals surface area (Å²) in [5, 5.41) is 7.48. The predicted molar refractivity (Wildman–Crippen MR) is 106 cm³/mol. The molecule has 152 valence electrons. The van der Waals surface area contributed by atoms with Crippen LogP contribution in [0.1, 0.15) is 35.2 Å². The smallest absolute Gasteiger partial charge is 0.344 e. The van der Waals surface area contributed by atoms with Crippen LogP contribution >= 0.6 is 0 Å². The molecule has 0 bridgehead atoms. The maximum absolute atomic E-state index is 12.9. The minimum Gasteiger partial charge on any atom is -0.491 e. The molecule has 0 saturated carbocycles. The number of fused-ring (bicyclic) bond motifs is 1. The van der Waals surface area contributed by atoms with Gasteiger partial charge in [-0.05, 0) is 37.5 Å². The third kappa shape index (κ3) is 3.99. The zero-order valence-electron chi connectivity index (χ0n) is 15.5. The van der Waals surface area contributed by atoms with Gasteiger partial charge >= 0.3 is 10.2 Å². The minimum atomic E-state index is -3.85. The average Bonchev–Trinajstić information content (AvgIpc) is 2.71. The molecule has 0 radical (unpaired) electrons. The second-order valence-electron chi connectivity index (χ2n) is 6.82. The Hall–Kier alpha value is -3.21. The Labute approximate surface area is 168 Å². The van der Waals surface area contributed by atoms with Gasteiger partial charge in [0.25, 0.3) is 5.91 Å². The zero-order chi connectivity index (χ0) is 20.4. The number of amides is 1. The van der Waals surface area contributed by atoms with Crippen molar-refractivity contribution in [2.75, 3.05) is 17.9 Å². The van der Waals surface area contributed by atoms with Crippen molar-refractivity contribution in [3.05, 3.63) is 47.8 Å². The van der Waals surface area contributed by atoms with Crippen LogP contribution in [0, 0.1) is 0 Å². The predicted octanol–water partition coefficient (Wildman–Crippen LogP) is 0.926. The Morgan fingerprint density at radius 2 is 2.14 bits per heavy atom. The molecule has 29 heavy (non-hydrogen) atoms. The van der Waals surface area contributed by atoms with Gasteiger partial charge in [0.05, 0.1) is 35.2 Å². The highest BCUT2D eigenvalue weighted by molar-refractivity contribution is 7.91. The first-order valence-corrected chi connectivity index (χ1v) is 10.6. The van der Waals surface area contributed by atoms with E-state index in [0.29, 0.717) is 29.1 Å². The molecule has 4 rings (SSSR count). The van der Waals surface area contributed by atoms with Gasteiger partial charge in [0.2, 0.25) is 0 Å². The number of benzene rings is 1. The Morgan fingerprint density at radius 3 is 2.93 bits per heavy atom. The van der Waals surface area contributed by atoms with Gasteiger partial charge in [0.15, 0.2) is 5.84 Å². The maximum atomic E-state index is 12.9. The Kier molecular flexibility index (Phi) is 5.05. The number of nitrogens with two attached hydrogens (primary N) is 1. The van der Waals surface area contributed by atoms with E-state index in [0.717, 1.165) is 19.3 Å². The van der Waals surface area contributed by atoms with Crippen molar-refractivity contribution in [3.63, 3.8) is 0 Å². The molecule has 1 aromatic carbocycles. The van der Waals surface area contributed by atoms with Gasteiger partial charge < -0.3 is 15.4 Å². The summed E-state index contributed by atoms with van der Waals surface area (Å²) >= 11 is 0. The first-order valence-electron chi connectivity index (χ1n) is 9.16. The van der Waals surface area contributed by atoms with Crippen LogP contribution < -0.4 is 15.2 Å². The highest BCUT2D eigenvalue weighted by Crippen LogP contribution is 2.31. The van der Waals surface area contributed by atoms with Crippen molar-refractivity contribution >= 4 is 27.6 Å². The van der Waals surface area contributed by atoms with Crippen LogP contribution in [0.3, 0.4) is 0 Å². The number of nitrogens with zero attached hydrogens (tertiary/aromatic N) is 4. The lowest BCUT2D eigenvalue weighted by Gasteiger charge is -2.35. The molecule has 1 fully saturated rings. The first-order chi connectivity index (χ1) is 13.9. The molecule has 1 atom stereocenters. The summed E-state index contributed by atoms with van der Waals surface area (Å²) < 4.78 is 35.3. The zero-order valence-corrected chi connectivity index (χ0v) is 16.3. The van der Waals surface area contributed by atoms with Crippen LogP contribution in [0.15, 0.2) is 41.1 Å². The number of nitrogens with one attached hydrogen (secondary N) is 1. The van der Waals surface area contributed by atoms with Crippen molar-refractivity contribution in [1.29, 1.82) is 0 Å². The molecule has 2 aromatic rings. The second-order valence-corrected chi connectivity index (χ2v) is 8.16. The van der Waals surface area contributed by atoms with Crippen LogP contribution in [-0.4, -0.2) is 54.5 Å². The van der Waals surface area contributed by atoms with Crippen LogP contribution in [-0.2, 0) is 10.2 Å². The van der Waals surface area contributed by atoms with Gasteiger partial charge in [-0.3, -0.25) is 9.52 Å². The number of hydrogen-bond donors (Lipinski definition) is 2. The number of hydrogen-bond acceptors (Lipinski definition) is 7. The van der Waals surface area contributed by atoms with E-state index in [-0.39, 0.29) is 24.4 Å². The number of carbonyl (C=O) groups excluding carboxylic acids is 1. The van der Waals surface area contributed by atoms with Crippen molar-refractivity contribution in [1.82, 2.24) is 15.1 Å². The van der Waals surface area contributed by atoms with E-state index in [1.54, 1.807) is 29.2 Å². The number of piperidine rings is 1. The van der Waals surface area contributed by atoms with Crippen molar-refractivity contribution in [2.24, 2.45) is 10.1 Å². The summed E-state index contributed by atoms with van der Waals surface area (Å²) in [5.74, 6) is 0.167. The number of likely N-dealkylation sites (tertiary alicyclic amines) is 1. The van der Waals surface area contributed by atoms with E-state index in [9.17, 15) is 13.2 Å². The Balaban J connectivity index is 1.53. The molecule has 0 unspecified atom stereocenters. The highest BCUT2D eigenvalue weighted by atomic mass is 32.2. The van der Waals surface area contributed by atoms with Crippen molar-refractivity contribution in [3.8, 4) is 5.75 Å². The topological polar surface area (TPSA) is 140 Å². The molecule has 1 aromatic heterocycles. The van der Waals surface area contributed by atoms with Crippen LogP contribution in [0.25, 0.3) is 0 Å². The fourth-order valence-electron chi connectivity index (χ4n) is 3.55. The lowest BCUT2D eigenvalue weighted by Crippen LogP contribution is -2.46. The van der Waals surface area contributed by atoms with Gasteiger partial charge in [0.1, 0.15) is 12.4 Å². The van der Waals surface area contributed by atoms with E-state index < -0.39 is 10.2 Å². The summed E-state index contributed by atoms with van der Waals surface area (Å²) in [6.07, 6.45) is 5.65. The molecule has 3 heterocycles. The van der Waals surface area contributed by atoms with E-state index in [1.165, 1.54) is 12.4 Å². The first kappa shape index (κ1) is 19.1. The van der Waals surface area contributed by atoms with Crippen LogP contribution in [0.5, 0.6) is 5.75 Å². The molecule has 10 nitrogen and oxygen atoms in total. The molecule has 0 aliphatic carbocycles. The lowest BCUT2D eigenvalue weighted by atomic mass is 10.0. The third-order valence-corrected chi connectivity index (χ3v) is 5.81. The quantitative estimate of drug-likeness (QED) is 0.755. The number of anilines is 1. The van der Waals surface area contributed by atoms with E-state index in [1.807, 2.05) is 0 Å². The minimum absolute atomic E-state index is 0.114. The van der Waals surface area contributed by atoms with Crippen LogP contribution in [0.2, 0.25) is 0 Å². The molecule has 0 spiro atoms. The number of rotatable bonds is 4. The monoisotopic (exact) mass is 416 g/mol. The molecule has 2 aliphatic rings. The Bertz CT molecular complexity index is 1060. The Morgan fingerprint density at radius 1 is 1.28 bits per heavy atom. The van der Waals surface area contributed by atoms with E-state index in [4.69, 9.17) is 10.5 Å². The summed E-state index contributed by atoms with van der Waals surface area (Å²) in [7, 11) is -3.85.